The van der Waals surface area contributed by atoms with Gasteiger partial charge in [-0.25, -0.2) is 4.98 Å². The molecule has 1 aliphatic rings. The van der Waals surface area contributed by atoms with E-state index in [9.17, 15) is 5.11 Å². The molecule has 0 amide bonds. The number of aromatic nitrogens is 3. The van der Waals surface area contributed by atoms with Gasteiger partial charge >= 0.3 is 0 Å². The van der Waals surface area contributed by atoms with Crippen molar-refractivity contribution < 1.29 is 9.84 Å². The van der Waals surface area contributed by atoms with Crippen LogP contribution in [0.25, 0.3) is 10.9 Å². The molecule has 7 heteroatoms. The topological polar surface area (TPSA) is 63.4 Å². The van der Waals surface area contributed by atoms with Gasteiger partial charge in [0.1, 0.15) is 5.15 Å². The quantitative estimate of drug-likeness (QED) is 0.877. The Labute approximate surface area is 128 Å². The molecule has 0 spiro atoms. The molecule has 3 heterocycles. The summed E-state index contributed by atoms with van der Waals surface area (Å²) in [6, 6.07) is 2.08. The Morgan fingerprint density at radius 1 is 1.52 bits per heavy atom. The van der Waals surface area contributed by atoms with Crippen LogP contribution in [-0.2, 0) is 4.74 Å². The van der Waals surface area contributed by atoms with E-state index in [0.717, 1.165) is 23.3 Å². The van der Waals surface area contributed by atoms with Crippen LogP contribution in [0.2, 0.25) is 5.15 Å². The maximum atomic E-state index is 9.29. The zero-order chi connectivity index (χ0) is 15.0. The number of anilines is 1. The number of halogens is 1. The highest BCUT2D eigenvalue weighted by molar-refractivity contribution is 6.30. The number of nitrogens with zero attached hydrogens (tertiary/aromatic N) is 4. The summed E-state index contributed by atoms with van der Waals surface area (Å²) in [5.41, 5.74) is 0.979. The van der Waals surface area contributed by atoms with Crippen LogP contribution >= 0.6 is 11.6 Å². The lowest BCUT2D eigenvalue weighted by atomic mass is 10.2. The van der Waals surface area contributed by atoms with Crippen LogP contribution in [-0.4, -0.2) is 52.3 Å². The summed E-state index contributed by atoms with van der Waals surface area (Å²) >= 11 is 6.02. The molecule has 2 aromatic rings. The van der Waals surface area contributed by atoms with Gasteiger partial charge in [0.2, 0.25) is 0 Å². The summed E-state index contributed by atoms with van der Waals surface area (Å²) in [6.45, 7) is 6.15. The van der Waals surface area contributed by atoms with Crippen molar-refractivity contribution in [2.24, 2.45) is 0 Å². The standard InChI is InChI=1S/C14H19ClN4O2/c1-9(2)19-12-5-13(15)16-6-11(12)14(17-19)18-3-4-21-10(7-18)8-20/h5-6,9-10,20H,3-4,7-8H2,1-2H3. The Morgan fingerprint density at radius 3 is 3.05 bits per heavy atom. The van der Waals surface area contributed by atoms with Gasteiger partial charge in [0, 0.05) is 31.4 Å². The molecule has 3 rings (SSSR count). The average Bonchev–Trinajstić information content (AvgIpc) is 2.86. The van der Waals surface area contributed by atoms with Crippen LogP contribution in [0.1, 0.15) is 19.9 Å². The zero-order valence-corrected chi connectivity index (χ0v) is 12.9. The summed E-state index contributed by atoms with van der Waals surface area (Å²) in [4.78, 5) is 6.32. The molecule has 114 valence electrons. The van der Waals surface area contributed by atoms with Crippen molar-refractivity contribution in [2.45, 2.75) is 26.0 Å². The third-order valence-electron chi connectivity index (χ3n) is 3.67. The molecular formula is C14H19ClN4O2. The van der Waals surface area contributed by atoms with Crippen LogP contribution in [0.15, 0.2) is 12.3 Å². The minimum atomic E-state index is -0.168. The molecule has 0 saturated carbocycles. The van der Waals surface area contributed by atoms with E-state index in [2.05, 4.69) is 23.7 Å². The van der Waals surface area contributed by atoms with Crippen molar-refractivity contribution in [3.63, 3.8) is 0 Å². The van der Waals surface area contributed by atoms with E-state index < -0.39 is 0 Å². The smallest absolute Gasteiger partial charge is 0.160 e. The Hall–Kier alpha value is -1.37. The summed E-state index contributed by atoms with van der Waals surface area (Å²) < 4.78 is 7.46. The second-order valence-electron chi connectivity index (χ2n) is 5.51. The molecule has 0 bridgehead atoms. The molecular weight excluding hydrogens is 292 g/mol. The van der Waals surface area contributed by atoms with Crippen molar-refractivity contribution in [3.05, 3.63) is 17.4 Å². The molecule has 1 aliphatic heterocycles. The van der Waals surface area contributed by atoms with Crippen LogP contribution in [0.4, 0.5) is 5.82 Å². The monoisotopic (exact) mass is 310 g/mol. The first-order valence-corrected chi connectivity index (χ1v) is 7.49. The highest BCUT2D eigenvalue weighted by atomic mass is 35.5. The Morgan fingerprint density at radius 2 is 2.33 bits per heavy atom. The number of aliphatic hydroxyl groups is 1. The first-order valence-electron chi connectivity index (χ1n) is 7.11. The highest BCUT2D eigenvalue weighted by Gasteiger charge is 2.25. The number of pyridine rings is 1. The van der Waals surface area contributed by atoms with Crippen molar-refractivity contribution in [2.75, 3.05) is 31.2 Å². The first kappa shape index (κ1) is 14.6. The van der Waals surface area contributed by atoms with Crippen molar-refractivity contribution in [1.82, 2.24) is 14.8 Å². The molecule has 1 N–H and O–H groups in total. The molecule has 1 saturated heterocycles. The minimum absolute atomic E-state index is 0.0173. The largest absolute Gasteiger partial charge is 0.394 e. The maximum absolute atomic E-state index is 9.29. The zero-order valence-electron chi connectivity index (χ0n) is 12.2. The summed E-state index contributed by atoms with van der Waals surface area (Å²) in [6.07, 6.45) is 1.60. The van der Waals surface area contributed by atoms with Gasteiger partial charge in [0.25, 0.3) is 0 Å². The highest BCUT2D eigenvalue weighted by Crippen LogP contribution is 2.30. The number of hydrogen-bond donors (Lipinski definition) is 1. The van der Waals surface area contributed by atoms with Gasteiger partial charge in [-0.3, -0.25) is 4.68 Å². The van der Waals surface area contributed by atoms with Crippen molar-refractivity contribution in [3.8, 4) is 0 Å². The van der Waals surface area contributed by atoms with Gasteiger partial charge < -0.3 is 14.7 Å². The second-order valence-corrected chi connectivity index (χ2v) is 5.89. The van der Waals surface area contributed by atoms with E-state index in [-0.39, 0.29) is 18.8 Å². The number of rotatable bonds is 3. The SMILES string of the molecule is CC(C)n1nc(N2CCOC(CO)C2)c2cnc(Cl)cc21. The van der Waals surface area contributed by atoms with Crippen molar-refractivity contribution >= 4 is 28.3 Å². The summed E-state index contributed by atoms with van der Waals surface area (Å²) in [7, 11) is 0. The Bertz CT molecular complexity index is 643. The van der Waals surface area contributed by atoms with E-state index >= 15 is 0 Å². The molecule has 2 aromatic heterocycles. The predicted molar refractivity (Wildman–Crippen MR) is 82.0 cm³/mol. The van der Waals surface area contributed by atoms with E-state index in [1.54, 1.807) is 6.20 Å². The second kappa shape index (κ2) is 5.79. The number of morpholine rings is 1. The van der Waals surface area contributed by atoms with Crippen LogP contribution in [0, 0.1) is 0 Å². The van der Waals surface area contributed by atoms with Crippen molar-refractivity contribution in [1.29, 1.82) is 0 Å². The lowest BCUT2D eigenvalue weighted by Gasteiger charge is -2.32. The first-order chi connectivity index (χ1) is 10.1. The third-order valence-corrected chi connectivity index (χ3v) is 3.88. The molecule has 0 aliphatic carbocycles. The van der Waals surface area contributed by atoms with Crippen LogP contribution in [0.3, 0.4) is 0 Å². The van der Waals surface area contributed by atoms with E-state index in [1.807, 2.05) is 10.7 Å². The van der Waals surface area contributed by atoms with Gasteiger partial charge in [0.15, 0.2) is 5.82 Å². The van der Waals surface area contributed by atoms with E-state index in [0.29, 0.717) is 18.3 Å². The lowest BCUT2D eigenvalue weighted by Crippen LogP contribution is -2.44. The van der Waals surface area contributed by atoms with Gasteiger partial charge in [0.05, 0.1) is 30.2 Å². The summed E-state index contributed by atoms with van der Waals surface area (Å²) in [5.74, 6) is 0.879. The average molecular weight is 311 g/mol. The molecule has 0 radical (unpaired) electrons. The molecule has 6 nitrogen and oxygen atoms in total. The molecule has 0 aromatic carbocycles. The molecule has 21 heavy (non-hydrogen) atoms. The number of fused-ring (bicyclic) bond motifs is 1. The van der Waals surface area contributed by atoms with Gasteiger partial charge in [-0.05, 0) is 13.8 Å². The van der Waals surface area contributed by atoms with Gasteiger partial charge in [-0.15, -0.1) is 0 Å². The molecule has 1 fully saturated rings. The van der Waals surface area contributed by atoms with E-state index in [1.165, 1.54) is 0 Å². The fourth-order valence-corrected chi connectivity index (χ4v) is 2.79. The van der Waals surface area contributed by atoms with E-state index in [4.69, 9.17) is 21.4 Å². The number of aliphatic hydroxyl groups excluding tert-OH is 1. The molecule has 1 unspecified atom stereocenters. The minimum Gasteiger partial charge on any atom is -0.394 e. The number of hydrogen-bond acceptors (Lipinski definition) is 5. The predicted octanol–water partition coefficient (Wildman–Crippen LogP) is 1.86. The fourth-order valence-electron chi connectivity index (χ4n) is 2.64. The van der Waals surface area contributed by atoms with Gasteiger partial charge in [-0.2, -0.15) is 5.10 Å². The Kier molecular flexibility index (Phi) is 4.01. The number of ether oxygens (including phenoxy) is 1. The van der Waals surface area contributed by atoms with Crippen LogP contribution < -0.4 is 4.90 Å². The molecule has 1 atom stereocenters. The summed E-state index contributed by atoms with van der Waals surface area (Å²) in [5, 5.41) is 15.5. The Balaban J connectivity index is 2.06. The normalized spacial score (nSPS) is 19.7. The lowest BCUT2D eigenvalue weighted by molar-refractivity contribution is 0.00339. The maximum Gasteiger partial charge on any atom is 0.160 e. The van der Waals surface area contributed by atoms with Gasteiger partial charge in [-0.1, -0.05) is 11.6 Å². The van der Waals surface area contributed by atoms with Crippen LogP contribution in [0.5, 0.6) is 0 Å². The third kappa shape index (κ3) is 2.71. The fraction of sp³-hybridized carbons (Fsp3) is 0.571.